The first-order valence-electron chi connectivity index (χ1n) is 7.62. The molecular weight excluding hydrogens is 286 g/mol. The standard InChI is InChI=1S/C16H23NO3S/c1-10(16(19)20)5-3-6-11(2)17-15(18)14-9-12-7-4-8-13(12)21-14/h9-11H,3-8H2,1-2H3,(H,17,18)(H,19,20). The fourth-order valence-electron chi connectivity index (χ4n) is 2.66. The third kappa shape index (κ3) is 4.30. The average molecular weight is 309 g/mol. The second kappa shape index (κ2) is 7.07. The number of carboxylic acid groups (broad SMARTS) is 1. The van der Waals surface area contributed by atoms with Crippen molar-refractivity contribution < 1.29 is 14.7 Å². The normalized spacial score (nSPS) is 16.3. The summed E-state index contributed by atoms with van der Waals surface area (Å²) in [5.74, 6) is -1.05. The molecule has 2 atom stereocenters. The van der Waals surface area contributed by atoms with Crippen molar-refractivity contribution in [3.05, 3.63) is 21.4 Å². The number of thiophene rings is 1. The molecule has 21 heavy (non-hydrogen) atoms. The molecule has 2 rings (SSSR count). The largest absolute Gasteiger partial charge is 0.481 e. The minimum absolute atomic E-state index is 0.00758. The van der Waals surface area contributed by atoms with Gasteiger partial charge in [0.15, 0.2) is 0 Å². The number of aliphatic carboxylic acids is 1. The summed E-state index contributed by atoms with van der Waals surface area (Å²) in [5.41, 5.74) is 1.34. The molecular formula is C16H23NO3S. The predicted octanol–water partition coefficient (Wildman–Crippen LogP) is 3.25. The van der Waals surface area contributed by atoms with E-state index < -0.39 is 5.97 Å². The SMILES string of the molecule is CC(CCCC(C)C(=O)O)NC(=O)c1cc2c(s1)CCC2. The van der Waals surface area contributed by atoms with Crippen LogP contribution in [0.3, 0.4) is 0 Å². The maximum atomic E-state index is 12.2. The van der Waals surface area contributed by atoms with Crippen LogP contribution < -0.4 is 5.32 Å². The highest BCUT2D eigenvalue weighted by molar-refractivity contribution is 7.14. The van der Waals surface area contributed by atoms with Gasteiger partial charge in [0.25, 0.3) is 5.91 Å². The summed E-state index contributed by atoms with van der Waals surface area (Å²) in [5, 5.41) is 11.8. The summed E-state index contributed by atoms with van der Waals surface area (Å²) in [6.07, 6.45) is 5.70. The molecule has 5 heteroatoms. The van der Waals surface area contributed by atoms with Gasteiger partial charge in [-0.15, -0.1) is 11.3 Å². The molecule has 1 aromatic heterocycles. The second-order valence-electron chi connectivity index (χ2n) is 5.96. The Morgan fingerprint density at radius 1 is 1.33 bits per heavy atom. The second-order valence-corrected chi connectivity index (χ2v) is 7.09. The maximum absolute atomic E-state index is 12.2. The Labute approximate surface area is 129 Å². The molecule has 2 unspecified atom stereocenters. The number of nitrogens with one attached hydrogen (secondary N) is 1. The van der Waals surface area contributed by atoms with Crippen molar-refractivity contribution in [3.63, 3.8) is 0 Å². The highest BCUT2D eigenvalue weighted by atomic mass is 32.1. The Morgan fingerprint density at radius 3 is 2.76 bits per heavy atom. The van der Waals surface area contributed by atoms with E-state index in [0.717, 1.165) is 30.6 Å². The van der Waals surface area contributed by atoms with Gasteiger partial charge in [0.05, 0.1) is 10.8 Å². The summed E-state index contributed by atoms with van der Waals surface area (Å²) in [4.78, 5) is 25.1. The van der Waals surface area contributed by atoms with Crippen LogP contribution in [0.2, 0.25) is 0 Å². The van der Waals surface area contributed by atoms with Gasteiger partial charge in [0, 0.05) is 10.9 Å². The van der Waals surface area contributed by atoms with Crippen LogP contribution in [-0.4, -0.2) is 23.0 Å². The van der Waals surface area contributed by atoms with Crippen LogP contribution in [0.15, 0.2) is 6.07 Å². The third-order valence-corrected chi connectivity index (χ3v) is 5.28. The number of rotatable bonds is 7. The zero-order chi connectivity index (χ0) is 15.4. The number of hydrogen-bond donors (Lipinski definition) is 2. The van der Waals surface area contributed by atoms with Gasteiger partial charge < -0.3 is 10.4 Å². The lowest BCUT2D eigenvalue weighted by molar-refractivity contribution is -0.141. The van der Waals surface area contributed by atoms with Crippen LogP contribution in [0.1, 0.15) is 59.6 Å². The molecule has 0 bridgehead atoms. The lowest BCUT2D eigenvalue weighted by atomic mass is 10.0. The first-order valence-corrected chi connectivity index (χ1v) is 8.44. The van der Waals surface area contributed by atoms with Gasteiger partial charge in [-0.05, 0) is 50.7 Å². The fraction of sp³-hybridized carbons (Fsp3) is 0.625. The van der Waals surface area contributed by atoms with Gasteiger partial charge >= 0.3 is 5.97 Å². The average Bonchev–Trinajstić information content (AvgIpc) is 2.98. The Hall–Kier alpha value is -1.36. The van der Waals surface area contributed by atoms with E-state index in [0.29, 0.717) is 6.42 Å². The van der Waals surface area contributed by atoms with Gasteiger partial charge in [0.1, 0.15) is 0 Å². The Kier molecular flexibility index (Phi) is 5.39. The van der Waals surface area contributed by atoms with Gasteiger partial charge in [-0.3, -0.25) is 9.59 Å². The minimum atomic E-state index is -0.750. The van der Waals surface area contributed by atoms with Crippen molar-refractivity contribution in [1.82, 2.24) is 5.32 Å². The van der Waals surface area contributed by atoms with Gasteiger partial charge in [0.2, 0.25) is 0 Å². The minimum Gasteiger partial charge on any atom is -0.481 e. The van der Waals surface area contributed by atoms with Crippen LogP contribution in [0.5, 0.6) is 0 Å². The Morgan fingerprint density at radius 2 is 2.10 bits per heavy atom. The van der Waals surface area contributed by atoms with Crippen molar-refractivity contribution in [3.8, 4) is 0 Å². The zero-order valence-corrected chi connectivity index (χ0v) is 13.5. The van der Waals surface area contributed by atoms with Gasteiger partial charge in [-0.25, -0.2) is 0 Å². The van der Waals surface area contributed by atoms with Crippen molar-refractivity contribution in [2.24, 2.45) is 5.92 Å². The maximum Gasteiger partial charge on any atom is 0.306 e. The zero-order valence-electron chi connectivity index (χ0n) is 12.6. The topological polar surface area (TPSA) is 66.4 Å². The number of hydrogen-bond acceptors (Lipinski definition) is 3. The van der Waals surface area contributed by atoms with Crippen LogP contribution in [-0.2, 0) is 17.6 Å². The van der Waals surface area contributed by atoms with Crippen molar-refractivity contribution in [2.75, 3.05) is 0 Å². The van der Waals surface area contributed by atoms with E-state index >= 15 is 0 Å². The lowest BCUT2D eigenvalue weighted by Crippen LogP contribution is -2.32. The lowest BCUT2D eigenvalue weighted by Gasteiger charge is -2.14. The Bertz CT molecular complexity index is 502. The predicted molar refractivity (Wildman–Crippen MR) is 83.9 cm³/mol. The smallest absolute Gasteiger partial charge is 0.306 e. The first kappa shape index (κ1) is 16.0. The van der Waals surface area contributed by atoms with Crippen LogP contribution >= 0.6 is 11.3 Å². The van der Waals surface area contributed by atoms with E-state index in [1.807, 2.05) is 13.0 Å². The molecule has 1 aromatic rings. The third-order valence-electron chi connectivity index (χ3n) is 4.04. The summed E-state index contributed by atoms with van der Waals surface area (Å²) in [7, 11) is 0. The summed E-state index contributed by atoms with van der Waals surface area (Å²) in [6, 6.07) is 2.11. The van der Waals surface area contributed by atoms with Crippen molar-refractivity contribution in [2.45, 2.75) is 58.4 Å². The highest BCUT2D eigenvalue weighted by Gasteiger charge is 2.19. The molecule has 0 saturated heterocycles. The van der Waals surface area contributed by atoms with E-state index in [-0.39, 0.29) is 17.9 Å². The van der Waals surface area contributed by atoms with E-state index in [9.17, 15) is 9.59 Å². The van der Waals surface area contributed by atoms with E-state index in [1.54, 1.807) is 18.3 Å². The quantitative estimate of drug-likeness (QED) is 0.812. The molecule has 0 aromatic carbocycles. The van der Waals surface area contributed by atoms with Crippen LogP contribution in [0, 0.1) is 5.92 Å². The summed E-state index contributed by atoms with van der Waals surface area (Å²) >= 11 is 1.61. The molecule has 1 amide bonds. The number of carboxylic acids is 1. The molecule has 116 valence electrons. The Balaban J connectivity index is 1.75. The van der Waals surface area contributed by atoms with Gasteiger partial charge in [-0.1, -0.05) is 13.3 Å². The fourth-order valence-corrected chi connectivity index (χ4v) is 3.82. The summed E-state index contributed by atoms with van der Waals surface area (Å²) < 4.78 is 0. The molecule has 1 heterocycles. The highest BCUT2D eigenvalue weighted by Crippen LogP contribution is 2.30. The molecule has 0 radical (unpaired) electrons. The number of carbonyl (C=O) groups is 2. The van der Waals surface area contributed by atoms with E-state index in [2.05, 4.69) is 5.32 Å². The first-order chi connectivity index (χ1) is 9.97. The van der Waals surface area contributed by atoms with Crippen molar-refractivity contribution in [1.29, 1.82) is 0 Å². The van der Waals surface area contributed by atoms with E-state index in [1.165, 1.54) is 16.9 Å². The molecule has 1 aliphatic carbocycles. The van der Waals surface area contributed by atoms with Crippen molar-refractivity contribution >= 4 is 23.2 Å². The summed E-state index contributed by atoms with van der Waals surface area (Å²) in [6.45, 7) is 3.70. The molecule has 0 spiro atoms. The van der Waals surface area contributed by atoms with Crippen LogP contribution in [0.4, 0.5) is 0 Å². The van der Waals surface area contributed by atoms with Gasteiger partial charge in [-0.2, -0.15) is 0 Å². The number of aryl methyl sites for hydroxylation is 2. The number of fused-ring (bicyclic) bond motifs is 1. The molecule has 0 fully saturated rings. The van der Waals surface area contributed by atoms with E-state index in [4.69, 9.17) is 5.11 Å². The molecule has 1 aliphatic rings. The van der Waals surface area contributed by atoms with Crippen LogP contribution in [0.25, 0.3) is 0 Å². The molecule has 4 nitrogen and oxygen atoms in total. The molecule has 2 N–H and O–H groups in total. The number of amides is 1. The molecule has 0 saturated carbocycles. The molecule has 0 aliphatic heterocycles. The monoisotopic (exact) mass is 309 g/mol. The number of carbonyl (C=O) groups excluding carboxylic acids is 1.